The van der Waals surface area contributed by atoms with E-state index < -0.39 is 10.9 Å². The van der Waals surface area contributed by atoms with E-state index in [2.05, 4.69) is 4.99 Å². The molecule has 0 N–H and O–H groups in total. The van der Waals surface area contributed by atoms with Crippen LogP contribution in [0.3, 0.4) is 0 Å². The zero-order chi connectivity index (χ0) is 14.0. The van der Waals surface area contributed by atoms with Crippen LogP contribution in [0.15, 0.2) is 28.9 Å². The molecule has 0 fully saturated rings. The monoisotopic (exact) mass is 262 g/mol. The van der Waals surface area contributed by atoms with Gasteiger partial charge in [0, 0.05) is 13.0 Å². The number of methoxy groups -OCH3 is 1. The molecule has 19 heavy (non-hydrogen) atoms. The molecular weight excluding hydrogens is 252 g/mol. The van der Waals surface area contributed by atoms with Crippen molar-refractivity contribution in [2.24, 2.45) is 4.99 Å². The van der Waals surface area contributed by atoms with Crippen LogP contribution < -0.4 is 4.74 Å². The minimum atomic E-state index is -0.630. The number of nitro groups is 1. The Bertz CT molecular complexity index is 619. The first-order valence-electron chi connectivity index (χ1n) is 5.33. The fourth-order valence-corrected chi connectivity index (χ4v) is 1.60. The highest BCUT2D eigenvalue weighted by Crippen LogP contribution is 2.27. The first-order valence-corrected chi connectivity index (χ1v) is 5.33. The maximum absolute atomic E-state index is 11.4. The van der Waals surface area contributed by atoms with E-state index in [0.717, 1.165) is 0 Å². The van der Waals surface area contributed by atoms with Crippen molar-refractivity contribution in [1.29, 1.82) is 0 Å². The number of carbonyl (C=O) groups excluding carboxylic acids is 1. The zero-order valence-corrected chi connectivity index (χ0v) is 10.2. The average Bonchev–Trinajstić information content (AvgIpc) is 2.67. The molecule has 0 spiro atoms. The summed E-state index contributed by atoms with van der Waals surface area (Å²) in [6.45, 7) is 1.53. The number of esters is 1. The molecule has 1 aliphatic heterocycles. The lowest BCUT2D eigenvalue weighted by atomic mass is 10.1. The molecule has 0 unspecified atom stereocenters. The van der Waals surface area contributed by atoms with Crippen molar-refractivity contribution in [3.63, 3.8) is 0 Å². The lowest BCUT2D eigenvalue weighted by Gasteiger charge is -2.02. The molecule has 1 aromatic carbocycles. The average molecular weight is 262 g/mol. The van der Waals surface area contributed by atoms with Gasteiger partial charge >= 0.3 is 5.97 Å². The third-order valence-electron chi connectivity index (χ3n) is 2.45. The van der Waals surface area contributed by atoms with Gasteiger partial charge in [-0.2, -0.15) is 0 Å². The second-order valence-corrected chi connectivity index (χ2v) is 3.73. The maximum atomic E-state index is 11.4. The summed E-state index contributed by atoms with van der Waals surface area (Å²) in [5.41, 5.74) is 0.115. The van der Waals surface area contributed by atoms with Crippen molar-refractivity contribution in [2.75, 3.05) is 7.11 Å². The largest absolute Gasteiger partial charge is 0.497 e. The van der Waals surface area contributed by atoms with Gasteiger partial charge in [-0.05, 0) is 18.2 Å². The number of hydrogen-bond acceptors (Lipinski definition) is 6. The summed E-state index contributed by atoms with van der Waals surface area (Å²) >= 11 is 0. The summed E-state index contributed by atoms with van der Waals surface area (Å²) in [6.07, 6.45) is 1.31. The van der Waals surface area contributed by atoms with Gasteiger partial charge in [0.15, 0.2) is 11.6 Å². The number of rotatable bonds is 3. The van der Waals surface area contributed by atoms with Crippen molar-refractivity contribution < 1.29 is 19.2 Å². The van der Waals surface area contributed by atoms with Gasteiger partial charge in [0.2, 0.25) is 0 Å². The molecule has 1 aromatic rings. The van der Waals surface area contributed by atoms with Gasteiger partial charge in [-0.15, -0.1) is 0 Å². The number of benzene rings is 1. The van der Waals surface area contributed by atoms with Gasteiger partial charge < -0.3 is 9.47 Å². The molecule has 0 aliphatic carbocycles. The van der Waals surface area contributed by atoms with E-state index in [1.165, 1.54) is 38.3 Å². The fourth-order valence-electron chi connectivity index (χ4n) is 1.60. The Morgan fingerprint density at radius 2 is 2.21 bits per heavy atom. The minimum Gasteiger partial charge on any atom is -0.497 e. The number of carbonyl (C=O) groups is 1. The highest BCUT2D eigenvalue weighted by molar-refractivity contribution is 6.06. The highest BCUT2D eigenvalue weighted by Gasteiger charge is 2.22. The first-order chi connectivity index (χ1) is 9.01. The zero-order valence-electron chi connectivity index (χ0n) is 10.2. The van der Waals surface area contributed by atoms with Crippen molar-refractivity contribution >= 4 is 23.6 Å². The third-order valence-corrected chi connectivity index (χ3v) is 2.45. The van der Waals surface area contributed by atoms with Gasteiger partial charge in [-0.25, -0.2) is 9.79 Å². The van der Waals surface area contributed by atoms with Crippen LogP contribution in [-0.2, 0) is 9.53 Å². The molecule has 0 saturated heterocycles. The second-order valence-electron chi connectivity index (χ2n) is 3.73. The van der Waals surface area contributed by atoms with E-state index in [1.807, 2.05) is 0 Å². The molecule has 0 saturated carbocycles. The number of hydrogen-bond donors (Lipinski definition) is 0. The summed E-state index contributed by atoms with van der Waals surface area (Å²) in [5.74, 6) is 0.0286. The number of aliphatic imine (C=N–C) groups is 1. The molecule has 7 heteroatoms. The molecule has 1 aliphatic rings. The van der Waals surface area contributed by atoms with E-state index in [9.17, 15) is 14.9 Å². The molecule has 0 amide bonds. The molecule has 2 rings (SSSR count). The summed E-state index contributed by atoms with van der Waals surface area (Å²) in [5, 5.41) is 10.9. The van der Waals surface area contributed by atoms with E-state index >= 15 is 0 Å². The van der Waals surface area contributed by atoms with Crippen LogP contribution >= 0.6 is 0 Å². The number of nitrogens with zero attached hydrogens (tertiary/aromatic N) is 2. The maximum Gasteiger partial charge on any atom is 0.363 e. The van der Waals surface area contributed by atoms with Crippen LogP contribution in [0.1, 0.15) is 12.5 Å². The SMILES string of the molecule is COc1ccc([N+](=O)[O-])c(C=C2N=C(C)OC2=O)c1. The summed E-state index contributed by atoms with van der Waals surface area (Å²) < 4.78 is 9.74. The van der Waals surface area contributed by atoms with E-state index in [4.69, 9.17) is 9.47 Å². The molecule has 0 bridgehead atoms. The third kappa shape index (κ3) is 2.59. The molecule has 0 radical (unpaired) electrons. The number of cyclic esters (lactones) is 1. The Morgan fingerprint density at radius 1 is 1.47 bits per heavy atom. The Morgan fingerprint density at radius 3 is 2.74 bits per heavy atom. The summed E-state index contributed by atoms with van der Waals surface area (Å²) in [4.78, 5) is 25.7. The molecule has 98 valence electrons. The number of ether oxygens (including phenoxy) is 2. The van der Waals surface area contributed by atoms with Crippen LogP contribution in [0.4, 0.5) is 5.69 Å². The molecule has 1 heterocycles. The fraction of sp³-hybridized carbons (Fsp3) is 0.167. The quantitative estimate of drug-likeness (QED) is 0.359. The molecule has 0 aromatic heterocycles. The molecule has 7 nitrogen and oxygen atoms in total. The van der Waals surface area contributed by atoms with E-state index in [1.54, 1.807) is 0 Å². The van der Waals surface area contributed by atoms with Crippen LogP contribution in [0.25, 0.3) is 6.08 Å². The predicted molar refractivity (Wildman–Crippen MR) is 66.8 cm³/mol. The van der Waals surface area contributed by atoms with E-state index in [-0.39, 0.29) is 22.8 Å². The van der Waals surface area contributed by atoms with Gasteiger partial charge in [0.05, 0.1) is 17.6 Å². The highest BCUT2D eigenvalue weighted by atomic mass is 16.6. The van der Waals surface area contributed by atoms with Crippen molar-refractivity contribution in [2.45, 2.75) is 6.92 Å². The van der Waals surface area contributed by atoms with Crippen LogP contribution in [0.2, 0.25) is 0 Å². The van der Waals surface area contributed by atoms with Crippen molar-refractivity contribution in [3.05, 3.63) is 39.6 Å². The predicted octanol–water partition coefficient (Wildman–Crippen LogP) is 1.92. The van der Waals surface area contributed by atoms with E-state index in [0.29, 0.717) is 5.75 Å². The van der Waals surface area contributed by atoms with Crippen LogP contribution in [-0.4, -0.2) is 23.9 Å². The normalized spacial score (nSPS) is 16.2. The standard InChI is InChI=1S/C12H10N2O5/c1-7-13-10(12(15)19-7)6-8-5-9(18-2)3-4-11(8)14(16)17/h3-6H,1-2H3. The lowest BCUT2D eigenvalue weighted by Crippen LogP contribution is -2.00. The minimum absolute atomic E-state index is 0.0221. The van der Waals surface area contributed by atoms with Crippen LogP contribution in [0, 0.1) is 10.1 Å². The van der Waals surface area contributed by atoms with Crippen molar-refractivity contribution in [3.8, 4) is 5.75 Å². The van der Waals surface area contributed by atoms with Gasteiger partial charge in [-0.1, -0.05) is 0 Å². The number of nitro benzene ring substituents is 1. The topological polar surface area (TPSA) is 91.0 Å². The van der Waals surface area contributed by atoms with Crippen molar-refractivity contribution in [1.82, 2.24) is 0 Å². The van der Waals surface area contributed by atoms with Gasteiger partial charge in [0.25, 0.3) is 5.69 Å². The second kappa shape index (κ2) is 4.89. The molecule has 0 atom stereocenters. The summed E-state index contributed by atoms with van der Waals surface area (Å²) in [7, 11) is 1.45. The smallest absolute Gasteiger partial charge is 0.363 e. The Labute approximate surface area is 108 Å². The Balaban J connectivity index is 2.51. The summed E-state index contributed by atoms with van der Waals surface area (Å²) in [6, 6.07) is 4.24. The van der Waals surface area contributed by atoms with Crippen LogP contribution in [0.5, 0.6) is 5.75 Å². The molecular formula is C12H10N2O5. The Hall–Kier alpha value is -2.70. The Kier molecular flexibility index (Phi) is 3.28. The lowest BCUT2D eigenvalue weighted by molar-refractivity contribution is -0.385. The van der Waals surface area contributed by atoms with Gasteiger partial charge in [-0.3, -0.25) is 10.1 Å². The van der Waals surface area contributed by atoms with Gasteiger partial charge in [0.1, 0.15) is 5.75 Å². The first kappa shape index (κ1) is 12.7.